The molecule has 2 N–H and O–H groups in total. The second-order valence-electron chi connectivity index (χ2n) is 5.47. The molecular formula is C16H18ClN5O. The topological polar surface area (TPSA) is 75.6 Å². The summed E-state index contributed by atoms with van der Waals surface area (Å²) in [5.74, 6) is 1.42. The molecule has 2 aromatic heterocycles. The highest BCUT2D eigenvalue weighted by Crippen LogP contribution is 2.27. The van der Waals surface area contributed by atoms with Gasteiger partial charge in [0.15, 0.2) is 0 Å². The summed E-state index contributed by atoms with van der Waals surface area (Å²) in [6.07, 6.45) is 0. The molecule has 0 saturated heterocycles. The monoisotopic (exact) mass is 331 g/mol. The number of H-pyrrole nitrogens is 1. The standard InChI is InChI=1S/C16H18ClN5O/c1-9-12-5-4-6-13(17)15(12)20-14(9)16(23)18-7-8-22-11(3)19-10(2)21-22/h4-6,20H,7-8H2,1-3H3,(H,18,23). The molecule has 0 unspecified atom stereocenters. The van der Waals surface area contributed by atoms with Gasteiger partial charge in [0.1, 0.15) is 17.3 Å². The Morgan fingerprint density at radius 3 is 2.78 bits per heavy atom. The number of hydrogen-bond acceptors (Lipinski definition) is 3. The molecule has 23 heavy (non-hydrogen) atoms. The summed E-state index contributed by atoms with van der Waals surface area (Å²) in [5.41, 5.74) is 2.23. The van der Waals surface area contributed by atoms with Crippen molar-refractivity contribution in [1.82, 2.24) is 25.1 Å². The van der Waals surface area contributed by atoms with Crippen LogP contribution >= 0.6 is 11.6 Å². The van der Waals surface area contributed by atoms with Crippen molar-refractivity contribution in [3.8, 4) is 0 Å². The van der Waals surface area contributed by atoms with Gasteiger partial charge in [0.2, 0.25) is 0 Å². The number of benzene rings is 1. The number of hydrogen-bond donors (Lipinski definition) is 2. The number of carbonyl (C=O) groups is 1. The molecule has 0 atom stereocenters. The number of nitrogens with zero attached hydrogens (tertiary/aromatic N) is 3. The van der Waals surface area contributed by atoms with Crippen molar-refractivity contribution in [3.05, 3.63) is 46.1 Å². The zero-order valence-corrected chi connectivity index (χ0v) is 14.0. The predicted octanol–water partition coefficient (Wildman–Crippen LogP) is 2.77. The number of amides is 1. The van der Waals surface area contributed by atoms with Crippen LogP contribution in [0.15, 0.2) is 18.2 Å². The van der Waals surface area contributed by atoms with E-state index in [4.69, 9.17) is 11.6 Å². The number of aryl methyl sites for hydroxylation is 3. The van der Waals surface area contributed by atoms with Gasteiger partial charge < -0.3 is 10.3 Å². The van der Waals surface area contributed by atoms with Crippen molar-refractivity contribution >= 4 is 28.4 Å². The third-order valence-corrected chi connectivity index (χ3v) is 4.16. The number of para-hydroxylation sites is 1. The van der Waals surface area contributed by atoms with Crippen LogP contribution in [0.1, 0.15) is 27.7 Å². The molecule has 6 nitrogen and oxygen atoms in total. The molecule has 0 aliphatic rings. The number of carbonyl (C=O) groups excluding carboxylic acids is 1. The van der Waals surface area contributed by atoms with E-state index in [1.165, 1.54) is 0 Å². The quantitative estimate of drug-likeness (QED) is 0.772. The molecule has 120 valence electrons. The van der Waals surface area contributed by atoms with Crippen LogP contribution < -0.4 is 5.32 Å². The fourth-order valence-electron chi connectivity index (χ4n) is 2.68. The zero-order chi connectivity index (χ0) is 16.6. The van der Waals surface area contributed by atoms with E-state index in [2.05, 4.69) is 20.4 Å². The molecule has 0 radical (unpaired) electrons. The van der Waals surface area contributed by atoms with Crippen LogP contribution in [0.25, 0.3) is 10.9 Å². The number of aromatic nitrogens is 4. The SMILES string of the molecule is Cc1nc(C)n(CCNC(=O)c2[nH]c3c(Cl)cccc3c2C)n1. The minimum absolute atomic E-state index is 0.149. The molecule has 0 saturated carbocycles. The molecule has 0 aliphatic carbocycles. The number of aromatic amines is 1. The highest BCUT2D eigenvalue weighted by Gasteiger charge is 2.15. The number of rotatable bonds is 4. The lowest BCUT2D eigenvalue weighted by atomic mass is 10.1. The first-order chi connectivity index (χ1) is 11.0. The lowest BCUT2D eigenvalue weighted by Crippen LogP contribution is -2.28. The first kappa shape index (κ1) is 15.6. The molecule has 2 heterocycles. The Bertz CT molecular complexity index is 880. The van der Waals surface area contributed by atoms with Crippen LogP contribution in [0.2, 0.25) is 5.02 Å². The van der Waals surface area contributed by atoms with Crippen LogP contribution in [0.4, 0.5) is 0 Å². The maximum atomic E-state index is 12.4. The summed E-state index contributed by atoms with van der Waals surface area (Å²) in [7, 11) is 0. The summed E-state index contributed by atoms with van der Waals surface area (Å²) in [4.78, 5) is 19.8. The molecule has 1 amide bonds. The third kappa shape index (κ3) is 2.94. The normalized spacial score (nSPS) is 11.1. The maximum Gasteiger partial charge on any atom is 0.268 e. The first-order valence-electron chi connectivity index (χ1n) is 7.40. The van der Waals surface area contributed by atoms with E-state index in [9.17, 15) is 4.79 Å². The first-order valence-corrected chi connectivity index (χ1v) is 7.78. The smallest absolute Gasteiger partial charge is 0.268 e. The van der Waals surface area contributed by atoms with Crippen molar-refractivity contribution in [2.24, 2.45) is 0 Å². The zero-order valence-electron chi connectivity index (χ0n) is 13.3. The summed E-state index contributed by atoms with van der Waals surface area (Å²) >= 11 is 6.17. The van der Waals surface area contributed by atoms with Crippen LogP contribution in [0, 0.1) is 20.8 Å². The molecule has 7 heteroatoms. The Hall–Kier alpha value is -2.34. The van der Waals surface area contributed by atoms with Gasteiger partial charge in [-0.05, 0) is 32.4 Å². The Labute approximate surface area is 138 Å². The molecular weight excluding hydrogens is 314 g/mol. The Morgan fingerprint density at radius 1 is 1.35 bits per heavy atom. The van der Waals surface area contributed by atoms with Crippen molar-refractivity contribution in [3.63, 3.8) is 0 Å². The summed E-state index contributed by atoms with van der Waals surface area (Å²) in [6, 6.07) is 5.63. The van der Waals surface area contributed by atoms with Gasteiger partial charge in [0.25, 0.3) is 5.91 Å². The van der Waals surface area contributed by atoms with E-state index < -0.39 is 0 Å². The van der Waals surface area contributed by atoms with Gasteiger partial charge in [-0.1, -0.05) is 23.7 Å². The molecule has 0 spiro atoms. The molecule has 0 aliphatic heterocycles. The molecule has 3 aromatic rings. The number of halogens is 1. The highest BCUT2D eigenvalue weighted by molar-refractivity contribution is 6.35. The third-order valence-electron chi connectivity index (χ3n) is 3.84. The van der Waals surface area contributed by atoms with Gasteiger partial charge in [0.05, 0.1) is 17.1 Å². The van der Waals surface area contributed by atoms with E-state index >= 15 is 0 Å². The molecule has 0 bridgehead atoms. The van der Waals surface area contributed by atoms with Crippen LogP contribution in [-0.2, 0) is 6.54 Å². The fourth-order valence-corrected chi connectivity index (χ4v) is 2.90. The number of fused-ring (bicyclic) bond motifs is 1. The summed E-state index contributed by atoms with van der Waals surface area (Å²) < 4.78 is 1.78. The molecule has 0 fully saturated rings. The summed E-state index contributed by atoms with van der Waals surface area (Å²) in [6.45, 7) is 6.71. The van der Waals surface area contributed by atoms with Gasteiger partial charge in [0, 0.05) is 11.9 Å². The Kier molecular flexibility index (Phi) is 4.09. The summed E-state index contributed by atoms with van der Waals surface area (Å²) in [5, 5.41) is 8.75. The van der Waals surface area contributed by atoms with Crippen LogP contribution in [-0.4, -0.2) is 32.2 Å². The number of nitrogens with one attached hydrogen (secondary N) is 2. The maximum absolute atomic E-state index is 12.4. The predicted molar refractivity (Wildman–Crippen MR) is 89.9 cm³/mol. The average Bonchev–Trinajstić information content (AvgIpc) is 3.00. The average molecular weight is 332 g/mol. The largest absolute Gasteiger partial charge is 0.349 e. The Morgan fingerprint density at radius 2 is 2.13 bits per heavy atom. The van der Waals surface area contributed by atoms with Gasteiger partial charge in [-0.3, -0.25) is 4.79 Å². The van der Waals surface area contributed by atoms with Crippen molar-refractivity contribution in [2.75, 3.05) is 6.54 Å². The van der Waals surface area contributed by atoms with Crippen molar-refractivity contribution < 1.29 is 4.79 Å². The second-order valence-corrected chi connectivity index (χ2v) is 5.88. The Balaban J connectivity index is 1.72. The molecule has 1 aromatic carbocycles. The van der Waals surface area contributed by atoms with Crippen molar-refractivity contribution in [1.29, 1.82) is 0 Å². The van der Waals surface area contributed by atoms with E-state index in [0.717, 1.165) is 28.1 Å². The minimum atomic E-state index is -0.149. The van der Waals surface area contributed by atoms with E-state index in [1.54, 1.807) is 10.7 Å². The van der Waals surface area contributed by atoms with E-state index in [0.29, 0.717) is 23.8 Å². The van der Waals surface area contributed by atoms with E-state index in [-0.39, 0.29) is 5.91 Å². The lowest BCUT2D eigenvalue weighted by Gasteiger charge is -2.06. The van der Waals surface area contributed by atoms with Gasteiger partial charge in [-0.15, -0.1) is 0 Å². The van der Waals surface area contributed by atoms with E-state index in [1.807, 2.05) is 32.9 Å². The fraction of sp³-hybridized carbons (Fsp3) is 0.312. The highest BCUT2D eigenvalue weighted by atomic mass is 35.5. The molecule has 3 rings (SSSR count). The van der Waals surface area contributed by atoms with Crippen LogP contribution in [0.5, 0.6) is 0 Å². The minimum Gasteiger partial charge on any atom is -0.349 e. The van der Waals surface area contributed by atoms with Gasteiger partial charge in [-0.2, -0.15) is 5.10 Å². The van der Waals surface area contributed by atoms with Gasteiger partial charge in [-0.25, -0.2) is 9.67 Å². The van der Waals surface area contributed by atoms with Crippen LogP contribution in [0.3, 0.4) is 0 Å². The lowest BCUT2D eigenvalue weighted by molar-refractivity contribution is 0.0947. The van der Waals surface area contributed by atoms with Gasteiger partial charge >= 0.3 is 0 Å². The van der Waals surface area contributed by atoms with Crippen molar-refractivity contribution in [2.45, 2.75) is 27.3 Å². The second kappa shape index (κ2) is 6.04.